The number of fused-ring (bicyclic) bond motifs is 1. The second-order valence-corrected chi connectivity index (χ2v) is 7.23. The Bertz CT molecular complexity index is 799. The smallest absolute Gasteiger partial charge is 0.142 e. The minimum absolute atomic E-state index is 0.557. The number of nitrogens with two attached hydrogens (primary N) is 1. The number of nitrogens with zero attached hydrogens (tertiary/aromatic N) is 3. The van der Waals surface area contributed by atoms with Gasteiger partial charge < -0.3 is 5.73 Å². The van der Waals surface area contributed by atoms with E-state index in [2.05, 4.69) is 28.8 Å². The highest BCUT2D eigenvalue weighted by atomic mass is 35.5. The molecule has 0 aromatic carbocycles. The third-order valence-electron chi connectivity index (χ3n) is 3.15. The standard InChI is InChI=1S/C14H13ClN4S2/c1-7-8(2)21-14-12(7)13(16)18-10(19-14)6-20-11-4-3-9(15)5-17-11/h3-5H,6H2,1-2H3,(H2,16,18,19). The molecule has 0 saturated heterocycles. The number of aromatic nitrogens is 3. The van der Waals surface area contributed by atoms with Crippen molar-refractivity contribution in [1.29, 1.82) is 0 Å². The van der Waals surface area contributed by atoms with Crippen LogP contribution in [0.1, 0.15) is 16.3 Å². The maximum absolute atomic E-state index is 6.07. The van der Waals surface area contributed by atoms with Crippen LogP contribution in [0.25, 0.3) is 10.2 Å². The van der Waals surface area contributed by atoms with Crippen LogP contribution >= 0.6 is 34.7 Å². The maximum atomic E-state index is 6.07. The van der Waals surface area contributed by atoms with Crippen LogP contribution < -0.4 is 5.73 Å². The zero-order chi connectivity index (χ0) is 15.0. The fourth-order valence-electron chi connectivity index (χ4n) is 1.98. The molecule has 4 nitrogen and oxygen atoms in total. The minimum atomic E-state index is 0.557. The van der Waals surface area contributed by atoms with Gasteiger partial charge in [0.15, 0.2) is 0 Å². The first kappa shape index (κ1) is 14.6. The van der Waals surface area contributed by atoms with Gasteiger partial charge in [0.25, 0.3) is 0 Å². The van der Waals surface area contributed by atoms with Crippen molar-refractivity contribution >= 4 is 50.7 Å². The highest BCUT2D eigenvalue weighted by molar-refractivity contribution is 7.98. The predicted molar refractivity (Wildman–Crippen MR) is 90.1 cm³/mol. The molecule has 108 valence electrons. The largest absolute Gasteiger partial charge is 0.383 e. The molecular weight excluding hydrogens is 324 g/mol. The van der Waals surface area contributed by atoms with Gasteiger partial charge in [0.05, 0.1) is 21.2 Å². The lowest BCUT2D eigenvalue weighted by Crippen LogP contribution is -1.99. The van der Waals surface area contributed by atoms with E-state index in [9.17, 15) is 0 Å². The molecule has 0 fully saturated rings. The van der Waals surface area contributed by atoms with Crippen molar-refractivity contribution in [1.82, 2.24) is 15.0 Å². The first-order chi connectivity index (χ1) is 10.0. The molecule has 21 heavy (non-hydrogen) atoms. The minimum Gasteiger partial charge on any atom is -0.383 e. The number of rotatable bonds is 3. The van der Waals surface area contributed by atoms with Gasteiger partial charge in [-0.15, -0.1) is 11.3 Å². The summed E-state index contributed by atoms with van der Waals surface area (Å²) in [5.41, 5.74) is 7.25. The van der Waals surface area contributed by atoms with Gasteiger partial charge in [-0.25, -0.2) is 15.0 Å². The van der Waals surface area contributed by atoms with E-state index in [1.165, 1.54) is 10.4 Å². The molecule has 0 bridgehead atoms. The number of pyridine rings is 1. The number of aryl methyl sites for hydroxylation is 2. The summed E-state index contributed by atoms with van der Waals surface area (Å²) in [6, 6.07) is 3.70. The molecule has 0 aliphatic rings. The second-order valence-electron chi connectivity index (χ2n) is 4.59. The average Bonchev–Trinajstić information content (AvgIpc) is 2.74. The summed E-state index contributed by atoms with van der Waals surface area (Å²) in [5.74, 6) is 1.91. The molecule has 0 radical (unpaired) electrons. The van der Waals surface area contributed by atoms with Gasteiger partial charge in [-0.3, -0.25) is 0 Å². The van der Waals surface area contributed by atoms with E-state index in [0.29, 0.717) is 16.6 Å². The lowest BCUT2D eigenvalue weighted by atomic mass is 10.2. The Hall–Kier alpha value is -1.37. The number of nitrogen functional groups attached to an aromatic ring is 1. The van der Waals surface area contributed by atoms with E-state index >= 15 is 0 Å². The van der Waals surface area contributed by atoms with Crippen molar-refractivity contribution in [2.75, 3.05) is 5.73 Å². The van der Waals surface area contributed by atoms with Gasteiger partial charge in [0.1, 0.15) is 16.5 Å². The number of halogens is 1. The number of hydrogen-bond acceptors (Lipinski definition) is 6. The van der Waals surface area contributed by atoms with Crippen LogP contribution in [-0.2, 0) is 5.75 Å². The molecule has 0 aliphatic carbocycles. The highest BCUT2D eigenvalue weighted by Gasteiger charge is 2.12. The Kier molecular flexibility index (Phi) is 4.01. The summed E-state index contributed by atoms with van der Waals surface area (Å²) in [6.45, 7) is 4.13. The molecule has 2 N–H and O–H groups in total. The van der Waals surface area contributed by atoms with Gasteiger partial charge in [0, 0.05) is 11.1 Å². The van der Waals surface area contributed by atoms with Crippen molar-refractivity contribution in [2.24, 2.45) is 0 Å². The van der Waals surface area contributed by atoms with Crippen LogP contribution in [0.3, 0.4) is 0 Å². The lowest BCUT2D eigenvalue weighted by Gasteiger charge is -2.03. The van der Waals surface area contributed by atoms with Crippen molar-refractivity contribution in [3.63, 3.8) is 0 Å². The predicted octanol–water partition coefficient (Wildman–Crippen LogP) is 4.23. The SMILES string of the molecule is Cc1sc2nc(CSc3ccc(Cl)cn3)nc(N)c2c1C. The highest BCUT2D eigenvalue weighted by Crippen LogP contribution is 2.32. The van der Waals surface area contributed by atoms with Crippen LogP contribution in [0.4, 0.5) is 5.82 Å². The van der Waals surface area contributed by atoms with Crippen molar-refractivity contribution in [3.05, 3.63) is 39.6 Å². The third-order valence-corrected chi connectivity index (χ3v) is 5.42. The van der Waals surface area contributed by atoms with Gasteiger partial charge >= 0.3 is 0 Å². The molecule has 0 amide bonds. The van der Waals surface area contributed by atoms with E-state index in [1.807, 2.05) is 12.1 Å². The summed E-state index contributed by atoms with van der Waals surface area (Å²) in [5, 5.41) is 2.50. The molecule has 0 aliphatic heterocycles. The van der Waals surface area contributed by atoms with Gasteiger partial charge in [0.2, 0.25) is 0 Å². The summed E-state index contributed by atoms with van der Waals surface area (Å²) in [6.07, 6.45) is 1.63. The van der Waals surface area contributed by atoms with Crippen LogP contribution in [0.5, 0.6) is 0 Å². The van der Waals surface area contributed by atoms with Gasteiger partial charge in [-0.1, -0.05) is 23.4 Å². The molecule has 0 spiro atoms. The number of anilines is 1. The van der Waals surface area contributed by atoms with E-state index in [4.69, 9.17) is 17.3 Å². The molecule has 3 aromatic rings. The van der Waals surface area contributed by atoms with E-state index in [-0.39, 0.29) is 0 Å². The first-order valence-corrected chi connectivity index (χ1v) is 8.49. The monoisotopic (exact) mass is 336 g/mol. The summed E-state index contributed by atoms with van der Waals surface area (Å²) in [7, 11) is 0. The molecule has 3 aromatic heterocycles. The average molecular weight is 337 g/mol. The van der Waals surface area contributed by atoms with Crippen LogP contribution in [0.2, 0.25) is 5.02 Å². The van der Waals surface area contributed by atoms with Crippen LogP contribution in [0.15, 0.2) is 23.4 Å². The fraction of sp³-hybridized carbons (Fsp3) is 0.214. The van der Waals surface area contributed by atoms with Crippen molar-refractivity contribution in [2.45, 2.75) is 24.6 Å². The second kappa shape index (κ2) is 5.79. The Morgan fingerprint density at radius 1 is 1.29 bits per heavy atom. The maximum Gasteiger partial charge on any atom is 0.142 e. The molecule has 0 atom stereocenters. The topological polar surface area (TPSA) is 64.7 Å². The lowest BCUT2D eigenvalue weighted by molar-refractivity contribution is 1.07. The van der Waals surface area contributed by atoms with Crippen LogP contribution in [0, 0.1) is 13.8 Å². The third kappa shape index (κ3) is 2.97. The Morgan fingerprint density at radius 3 is 2.81 bits per heavy atom. The number of hydrogen-bond donors (Lipinski definition) is 1. The molecule has 7 heteroatoms. The van der Waals surface area contributed by atoms with Gasteiger partial charge in [-0.05, 0) is 31.5 Å². The summed E-state index contributed by atoms with van der Waals surface area (Å²) in [4.78, 5) is 15.4. The fourth-order valence-corrected chi connectivity index (χ4v) is 3.84. The van der Waals surface area contributed by atoms with E-state index < -0.39 is 0 Å². The van der Waals surface area contributed by atoms with E-state index in [0.717, 1.165) is 21.1 Å². The molecule has 0 unspecified atom stereocenters. The Balaban J connectivity index is 1.86. The molecule has 0 saturated carbocycles. The molecular formula is C14H13ClN4S2. The Morgan fingerprint density at radius 2 is 2.10 bits per heavy atom. The zero-order valence-electron chi connectivity index (χ0n) is 11.6. The summed E-state index contributed by atoms with van der Waals surface area (Å²) < 4.78 is 0. The van der Waals surface area contributed by atoms with Crippen molar-refractivity contribution < 1.29 is 0 Å². The first-order valence-electron chi connectivity index (χ1n) is 6.31. The van der Waals surface area contributed by atoms with Crippen LogP contribution in [-0.4, -0.2) is 15.0 Å². The molecule has 3 rings (SSSR count). The summed E-state index contributed by atoms with van der Waals surface area (Å²) >= 11 is 9.04. The number of thiophene rings is 1. The zero-order valence-corrected chi connectivity index (χ0v) is 13.9. The van der Waals surface area contributed by atoms with E-state index in [1.54, 1.807) is 29.3 Å². The van der Waals surface area contributed by atoms with Crippen molar-refractivity contribution in [3.8, 4) is 0 Å². The molecule has 3 heterocycles. The number of thioether (sulfide) groups is 1. The quantitative estimate of drug-likeness (QED) is 0.725. The normalized spacial score (nSPS) is 11.2. The van der Waals surface area contributed by atoms with Gasteiger partial charge in [-0.2, -0.15) is 0 Å². The Labute approximate surface area is 135 Å².